The number of carbonyl (C=O) groups excluding carboxylic acids is 4. The zero-order valence-corrected chi connectivity index (χ0v) is 64.6. The highest BCUT2D eigenvalue weighted by atomic mass is 31.2. The van der Waals surface area contributed by atoms with Crippen LogP contribution in [0.25, 0.3) is 0 Å². The van der Waals surface area contributed by atoms with E-state index in [4.69, 9.17) is 37.0 Å². The monoisotopic (exact) mass is 1450 g/mol. The number of aliphatic hydroxyl groups excluding tert-OH is 1. The molecule has 19 heteroatoms. The number of unbranched alkanes of at least 4 members (excludes halogenated alkanes) is 29. The van der Waals surface area contributed by atoms with Gasteiger partial charge in [0.2, 0.25) is 0 Å². The Balaban J connectivity index is 5.38. The second-order valence-corrected chi connectivity index (χ2v) is 28.8. The largest absolute Gasteiger partial charge is 0.472 e. The van der Waals surface area contributed by atoms with E-state index in [9.17, 15) is 43.2 Å². The third-order valence-electron chi connectivity index (χ3n) is 16.2. The SMILES string of the molecule is CC/C=C\C/C=C\C/C=C\C/C=C\CCCCCCC(=O)OCC(COP(=O)(O)OCC(O)COP(=O)(O)OCC(COC(=O)CCCCCCC/C=C\CCCCCCCC)OC(=O)CCCCCCCCCCCCC)OC(=O)CCCCCC/C=C\C/C=C\C/C=C\C/C=C\CC. The maximum atomic E-state index is 13.1. The van der Waals surface area contributed by atoms with Gasteiger partial charge in [-0.1, -0.05) is 278 Å². The van der Waals surface area contributed by atoms with Gasteiger partial charge in [-0.15, -0.1) is 0 Å². The third kappa shape index (κ3) is 72.1. The molecule has 0 aromatic heterocycles. The fraction of sp³-hybridized carbons (Fsp3) is 0.728. The molecule has 0 aromatic carbocycles. The highest BCUT2D eigenvalue weighted by Gasteiger charge is 2.30. The molecular formula is C81H140O17P2. The van der Waals surface area contributed by atoms with Gasteiger partial charge in [-0.3, -0.25) is 37.3 Å². The molecule has 100 heavy (non-hydrogen) atoms. The number of aliphatic hydroxyl groups is 1. The number of hydrogen-bond acceptors (Lipinski definition) is 15. The van der Waals surface area contributed by atoms with Crippen LogP contribution in [0.15, 0.2) is 109 Å². The predicted octanol–water partition coefficient (Wildman–Crippen LogP) is 22.6. The van der Waals surface area contributed by atoms with Crippen molar-refractivity contribution >= 4 is 39.5 Å². The molecule has 576 valence electrons. The first-order valence-electron chi connectivity index (χ1n) is 39.1. The van der Waals surface area contributed by atoms with Crippen LogP contribution in [0, 0.1) is 0 Å². The van der Waals surface area contributed by atoms with Crippen LogP contribution >= 0.6 is 15.6 Å². The predicted molar refractivity (Wildman–Crippen MR) is 408 cm³/mol. The number of ether oxygens (including phenoxy) is 4. The minimum Gasteiger partial charge on any atom is -0.462 e. The highest BCUT2D eigenvalue weighted by molar-refractivity contribution is 7.47. The molecular weight excluding hydrogens is 1310 g/mol. The Labute approximate surface area is 607 Å². The van der Waals surface area contributed by atoms with Crippen molar-refractivity contribution in [3.05, 3.63) is 109 Å². The first-order valence-corrected chi connectivity index (χ1v) is 42.1. The average Bonchev–Trinajstić information content (AvgIpc) is 1.00. The van der Waals surface area contributed by atoms with E-state index in [1.807, 2.05) is 0 Å². The lowest BCUT2D eigenvalue weighted by atomic mass is 10.1. The van der Waals surface area contributed by atoms with E-state index in [0.717, 1.165) is 167 Å². The minimum atomic E-state index is -4.99. The summed E-state index contributed by atoms with van der Waals surface area (Å²) in [6, 6.07) is 0. The van der Waals surface area contributed by atoms with Crippen LogP contribution < -0.4 is 0 Å². The van der Waals surface area contributed by atoms with Gasteiger partial charge < -0.3 is 33.8 Å². The number of hydrogen-bond donors (Lipinski definition) is 3. The molecule has 0 saturated heterocycles. The van der Waals surface area contributed by atoms with Crippen LogP contribution in [0.2, 0.25) is 0 Å². The number of carbonyl (C=O) groups is 4. The van der Waals surface area contributed by atoms with Gasteiger partial charge in [-0.05, 0) is 128 Å². The lowest BCUT2D eigenvalue weighted by Gasteiger charge is -2.21. The summed E-state index contributed by atoms with van der Waals surface area (Å²) in [5.74, 6) is -2.23. The molecule has 0 aliphatic heterocycles. The Bertz CT molecular complexity index is 2320. The van der Waals surface area contributed by atoms with Crippen molar-refractivity contribution in [1.82, 2.24) is 0 Å². The Morgan fingerprint density at radius 1 is 0.290 bits per heavy atom. The topological polar surface area (TPSA) is 237 Å². The molecule has 0 heterocycles. The maximum absolute atomic E-state index is 13.1. The second kappa shape index (κ2) is 73.0. The molecule has 17 nitrogen and oxygen atoms in total. The second-order valence-electron chi connectivity index (χ2n) is 25.9. The van der Waals surface area contributed by atoms with Crippen molar-refractivity contribution in [2.24, 2.45) is 0 Å². The number of esters is 4. The zero-order chi connectivity index (χ0) is 73.2. The van der Waals surface area contributed by atoms with Gasteiger partial charge in [0.1, 0.15) is 19.3 Å². The normalized spacial score (nSPS) is 14.5. The van der Waals surface area contributed by atoms with Gasteiger partial charge in [-0.2, -0.15) is 0 Å². The van der Waals surface area contributed by atoms with Gasteiger partial charge >= 0.3 is 39.5 Å². The molecule has 0 aliphatic rings. The summed E-state index contributed by atoms with van der Waals surface area (Å²) in [6.07, 6.45) is 77.9. The fourth-order valence-electron chi connectivity index (χ4n) is 10.3. The number of phosphoric acid groups is 2. The van der Waals surface area contributed by atoms with Crippen LogP contribution in [-0.2, 0) is 65.4 Å². The van der Waals surface area contributed by atoms with E-state index in [1.54, 1.807) is 0 Å². The molecule has 5 unspecified atom stereocenters. The summed E-state index contributed by atoms with van der Waals surface area (Å²) >= 11 is 0. The highest BCUT2D eigenvalue weighted by Crippen LogP contribution is 2.45. The van der Waals surface area contributed by atoms with E-state index in [-0.39, 0.29) is 25.7 Å². The Kier molecular flexibility index (Phi) is 69.9. The average molecular weight is 1450 g/mol. The van der Waals surface area contributed by atoms with Crippen LogP contribution in [0.4, 0.5) is 0 Å². The minimum absolute atomic E-state index is 0.0598. The van der Waals surface area contributed by atoms with Crippen molar-refractivity contribution in [3.63, 3.8) is 0 Å². The van der Waals surface area contributed by atoms with E-state index in [1.165, 1.54) is 77.0 Å². The summed E-state index contributed by atoms with van der Waals surface area (Å²) in [4.78, 5) is 72.9. The van der Waals surface area contributed by atoms with E-state index >= 15 is 0 Å². The molecule has 0 bridgehead atoms. The molecule has 0 amide bonds. The van der Waals surface area contributed by atoms with Crippen molar-refractivity contribution in [2.75, 3.05) is 39.6 Å². The first-order chi connectivity index (χ1) is 48.7. The summed E-state index contributed by atoms with van der Waals surface area (Å²) in [7, 11) is -9.96. The summed E-state index contributed by atoms with van der Waals surface area (Å²) in [5.41, 5.74) is 0. The molecule has 0 rings (SSSR count). The summed E-state index contributed by atoms with van der Waals surface area (Å²) in [6.45, 7) is 4.59. The molecule has 5 atom stereocenters. The van der Waals surface area contributed by atoms with Gasteiger partial charge in [0.05, 0.1) is 26.4 Å². The van der Waals surface area contributed by atoms with Crippen LogP contribution in [0.5, 0.6) is 0 Å². The molecule has 0 aromatic rings. The molecule has 3 N–H and O–H groups in total. The van der Waals surface area contributed by atoms with Crippen molar-refractivity contribution < 1.29 is 80.2 Å². The lowest BCUT2D eigenvalue weighted by Crippen LogP contribution is -2.30. The fourth-order valence-corrected chi connectivity index (χ4v) is 11.9. The van der Waals surface area contributed by atoms with E-state index < -0.39 is 97.5 Å². The standard InChI is InChI=1S/C81H140O17P2/c1-5-9-13-17-21-25-29-32-35-37-40-43-47-50-54-58-62-66-79(84)92-72-77(98-81(86)68-64-60-56-52-48-44-41-38-36-33-30-26-22-18-14-10-6-2)74-96-100(89,90)94-70-75(82)69-93-99(87,88)95-73-76(97-80(85)67-63-59-55-51-45-28-24-20-16-12-8-4)71-91-78(83)65-61-57-53-49-46-42-39-34-31-27-23-19-15-11-7-3/h9-10,13-14,21-22,25-26,32-36,39-41,43-44,75-77,82H,5-8,11-12,15-20,23-24,27-31,37-38,42,45-74H2,1-4H3,(H,87,88)(H,89,90)/b13-9-,14-10-,25-21-,26-22-,35-32-,36-33-,39-34-,43-40-,44-41-. The van der Waals surface area contributed by atoms with Crippen LogP contribution in [-0.4, -0.2) is 96.7 Å². The van der Waals surface area contributed by atoms with Crippen molar-refractivity contribution in [1.29, 1.82) is 0 Å². The number of rotatable bonds is 73. The third-order valence-corrected chi connectivity index (χ3v) is 18.1. The number of phosphoric ester groups is 2. The smallest absolute Gasteiger partial charge is 0.462 e. The van der Waals surface area contributed by atoms with Gasteiger partial charge in [-0.25, -0.2) is 9.13 Å². The van der Waals surface area contributed by atoms with Crippen LogP contribution in [0.3, 0.4) is 0 Å². The molecule has 0 radical (unpaired) electrons. The Hall–Kier alpha value is -4.28. The zero-order valence-electron chi connectivity index (χ0n) is 62.8. The molecule has 0 spiro atoms. The van der Waals surface area contributed by atoms with Gasteiger partial charge in [0.25, 0.3) is 0 Å². The quantitative estimate of drug-likeness (QED) is 0.0169. The Morgan fingerprint density at radius 2 is 0.520 bits per heavy atom. The first kappa shape index (κ1) is 95.7. The number of allylic oxidation sites excluding steroid dienone is 18. The van der Waals surface area contributed by atoms with E-state index in [2.05, 4.69) is 137 Å². The molecule has 0 saturated carbocycles. The molecule has 0 aliphatic carbocycles. The molecule has 0 fully saturated rings. The van der Waals surface area contributed by atoms with Gasteiger partial charge in [0.15, 0.2) is 12.2 Å². The van der Waals surface area contributed by atoms with Crippen molar-refractivity contribution in [2.45, 2.75) is 341 Å². The van der Waals surface area contributed by atoms with Gasteiger partial charge in [0, 0.05) is 25.7 Å². The van der Waals surface area contributed by atoms with E-state index in [0.29, 0.717) is 25.7 Å². The van der Waals surface area contributed by atoms with Crippen LogP contribution in [0.1, 0.15) is 323 Å². The maximum Gasteiger partial charge on any atom is 0.472 e. The summed E-state index contributed by atoms with van der Waals surface area (Å²) < 4.78 is 68.5. The Morgan fingerprint density at radius 3 is 0.810 bits per heavy atom. The van der Waals surface area contributed by atoms with Crippen molar-refractivity contribution in [3.8, 4) is 0 Å². The lowest BCUT2D eigenvalue weighted by molar-refractivity contribution is -0.161. The summed E-state index contributed by atoms with van der Waals surface area (Å²) in [5, 5.41) is 10.6.